The van der Waals surface area contributed by atoms with Gasteiger partial charge in [0.15, 0.2) is 0 Å². The second-order valence-electron chi connectivity index (χ2n) is 9.48. The largest absolute Gasteiger partial charge is 0.486 e. The number of amides is 1. The van der Waals surface area contributed by atoms with Gasteiger partial charge >= 0.3 is 0 Å². The fourth-order valence-electron chi connectivity index (χ4n) is 5.00. The van der Waals surface area contributed by atoms with Crippen LogP contribution in [0.3, 0.4) is 0 Å². The number of fused-ring (bicyclic) bond motifs is 3. The van der Waals surface area contributed by atoms with E-state index in [-0.39, 0.29) is 16.8 Å². The fraction of sp³-hybridized carbons (Fsp3) is 0.667. The second-order valence-corrected chi connectivity index (χ2v) is 11.6. The predicted molar refractivity (Wildman–Crippen MR) is 111 cm³/mol. The molecule has 2 unspecified atom stereocenters. The Morgan fingerprint density at radius 2 is 1.83 bits per heavy atom. The van der Waals surface area contributed by atoms with Crippen molar-refractivity contribution in [1.29, 1.82) is 0 Å². The molecule has 3 heterocycles. The van der Waals surface area contributed by atoms with Gasteiger partial charge in [0.2, 0.25) is 10.0 Å². The summed E-state index contributed by atoms with van der Waals surface area (Å²) in [4.78, 5) is 15.8. The molecule has 1 N–H and O–H groups in total. The number of benzene rings is 1. The minimum absolute atomic E-state index is 0.107. The first-order chi connectivity index (χ1) is 13.5. The van der Waals surface area contributed by atoms with E-state index >= 15 is 0 Å². The number of hydrogen-bond donors (Lipinski definition) is 1. The summed E-state index contributed by atoms with van der Waals surface area (Å²) in [5, 5.41) is 3.17. The van der Waals surface area contributed by atoms with E-state index in [4.69, 9.17) is 4.74 Å². The van der Waals surface area contributed by atoms with Gasteiger partial charge in [-0.2, -0.15) is 0 Å². The van der Waals surface area contributed by atoms with Crippen molar-refractivity contribution in [2.24, 2.45) is 0 Å². The van der Waals surface area contributed by atoms with Crippen LogP contribution in [0.15, 0.2) is 17.0 Å². The molecule has 0 saturated carbocycles. The van der Waals surface area contributed by atoms with Crippen LogP contribution in [0.1, 0.15) is 55.5 Å². The fourth-order valence-corrected chi connectivity index (χ4v) is 5.98. The van der Waals surface area contributed by atoms with E-state index in [0.29, 0.717) is 29.8 Å². The van der Waals surface area contributed by atoms with Crippen molar-refractivity contribution < 1.29 is 17.9 Å². The van der Waals surface area contributed by atoms with Gasteiger partial charge in [-0.25, -0.2) is 12.7 Å². The highest BCUT2D eigenvalue weighted by atomic mass is 32.2. The Labute approximate surface area is 173 Å². The number of carbonyl (C=O) groups is 1. The molecule has 2 bridgehead atoms. The number of rotatable bonds is 4. The molecule has 8 heteroatoms. The summed E-state index contributed by atoms with van der Waals surface area (Å²) in [6.07, 6.45) is 4.79. The van der Waals surface area contributed by atoms with E-state index in [1.54, 1.807) is 6.07 Å². The van der Waals surface area contributed by atoms with Gasteiger partial charge in [0.05, 0.1) is 10.5 Å². The van der Waals surface area contributed by atoms with Gasteiger partial charge in [0.25, 0.3) is 5.91 Å². The molecule has 1 amide bonds. The van der Waals surface area contributed by atoms with Gasteiger partial charge in [0, 0.05) is 44.2 Å². The first-order valence-corrected chi connectivity index (χ1v) is 11.7. The summed E-state index contributed by atoms with van der Waals surface area (Å²) in [6, 6.07) is 4.25. The Morgan fingerprint density at radius 3 is 2.41 bits per heavy atom. The number of piperidine rings is 1. The van der Waals surface area contributed by atoms with E-state index in [1.165, 1.54) is 37.3 Å². The van der Waals surface area contributed by atoms with Crippen LogP contribution in [-0.2, 0) is 16.4 Å². The summed E-state index contributed by atoms with van der Waals surface area (Å²) in [7, 11) is 1.51. The Morgan fingerprint density at radius 1 is 1.21 bits per heavy atom. The summed E-state index contributed by atoms with van der Waals surface area (Å²) < 4.78 is 32.7. The average molecular weight is 422 g/mol. The monoisotopic (exact) mass is 421 g/mol. The molecule has 7 nitrogen and oxygen atoms in total. The number of ether oxygens (including phenoxy) is 1. The van der Waals surface area contributed by atoms with E-state index in [9.17, 15) is 13.2 Å². The van der Waals surface area contributed by atoms with Crippen LogP contribution in [0.5, 0.6) is 5.75 Å². The van der Waals surface area contributed by atoms with Crippen LogP contribution in [0.25, 0.3) is 0 Å². The lowest BCUT2D eigenvalue weighted by Crippen LogP contribution is -2.48. The molecule has 29 heavy (non-hydrogen) atoms. The quantitative estimate of drug-likeness (QED) is 0.805. The van der Waals surface area contributed by atoms with Gasteiger partial charge in [-0.15, -0.1) is 0 Å². The number of sulfonamides is 1. The molecule has 160 valence electrons. The Bertz CT molecular complexity index is 927. The van der Waals surface area contributed by atoms with E-state index in [2.05, 4.69) is 17.3 Å². The molecule has 2 saturated heterocycles. The number of hydrogen-bond acceptors (Lipinski definition) is 5. The molecular formula is C21H31N3O4S. The van der Waals surface area contributed by atoms with Gasteiger partial charge in [0.1, 0.15) is 11.4 Å². The molecular weight excluding hydrogens is 390 g/mol. The lowest BCUT2D eigenvalue weighted by Gasteiger charge is -2.36. The molecule has 2 atom stereocenters. The maximum Gasteiger partial charge on any atom is 0.255 e. The molecule has 0 aromatic heterocycles. The van der Waals surface area contributed by atoms with Crippen LogP contribution in [-0.4, -0.2) is 68.4 Å². The molecule has 4 rings (SSSR count). The minimum atomic E-state index is -3.65. The molecule has 1 aromatic rings. The van der Waals surface area contributed by atoms with Gasteiger partial charge in [-0.1, -0.05) is 0 Å². The van der Waals surface area contributed by atoms with E-state index < -0.39 is 15.6 Å². The summed E-state index contributed by atoms with van der Waals surface area (Å²) in [5.74, 6) is 0.268. The highest BCUT2D eigenvalue weighted by Gasteiger charge is 2.40. The third-order valence-electron chi connectivity index (χ3n) is 6.59. The first kappa shape index (κ1) is 20.6. The van der Waals surface area contributed by atoms with Crippen LogP contribution in [0, 0.1) is 0 Å². The zero-order valence-corrected chi connectivity index (χ0v) is 18.7. The highest BCUT2D eigenvalue weighted by Crippen LogP contribution is 2.40. The summed E-state index contributed by atoms with van der Waals surface area (Å²) in [5.41, 5.74) is 0.621. The summed E-state index contributed by atoms with van der Waals surface area (Å²) >= 11 is 0. The second kappa shape index (κ2) is 6.96. The van der Waals surface area contributed by atoms with Crippen molar-refractivity contribution in [2.45, 2.75) is 74.6 Å². The topological polar surface area (TPSA) is 79.0 Å². The number of carbonyl (C=O) groups excluding carboxylic acids is 1. The van der Waals surface area contributed by atoms with Gasteiger partial charge in [-0.05, 0) is 58.7 Å². The van der Waals surface area contributed by atoms with Crippen molar-refractivity contribution in [3.05, 3.63) is 23.3 Å². The minimum Gasteiger partial charge on any atom is -0.486 e. The summed E-state index contributed by atoms with van der Waals surface area (Å²) in [6.45, 7) is 3.90. The zero-order valence-electron chi connectivity index (χ0n) is 17.9. The maximum absolute atomic E-state index is 13.2. The van der Waals surface area contributed by atoms with Crippen molar-refractivity contribution in [2.75, 3.05) is 21.1 Å². The molecule has 0 radical (unpaired) electrons. The van der Waals surface area contributed by atoms with Crippen LogP contribution >= 0.6 is 0 Å². The van der Waals surface area contributed by atoms with Crippen LogP contribution in [0.2, 0.25) is 0 Å². The van der Waals surface area contributed by atoms with Crippen LogP contribution < -0.4 is 10.1 Å². The van der Waals surface area contributed by atoms with E-state index in [0.717, 1.165) is 18.4 Å². The maximum atomic E-state index is 13.2. The van der Waals surface area contributed by atoms with Gasteiger partial charge < -0.3 is 15.0 Å². The van der Waals surface area contributed by atoms with Crippen molar-refractivity contribution in [3.8, 4) is 5.75 Å². The lowest BCUT2D eigenvalue weighted by molar-refractivity contribution is 0.0870. The average Bonchev–Trinajstić information content (AvgIpc) is 3.02. The lowest BCUT2D eigenvalue weighted by atomic mass is 9.97. The molecule has 0 aliphatic carbocycles. The normalized spacial score (nSPS) is 28.3. The molecule has 3 aliphatic heterocycles. The highest BCUT2D eigenvalue weighted by molar-refractivity contribution is 7.89. The molecule has 2 fully saturated rings. The van der Waals surface area contributed by atoms with Gasteiger partial charge in [-0.3, -0.25) is 4.79 Å². The van der Waals surface area contributed by atoms with Crippen molar-refractivity contribution in [3.63, 3.8) is 0 Å². The molecule has 3 aliphatic rings. The number of nitrogens with zero attached hydrogens (tertiary/aromatic N) is 2. The third kappa shape index (κ3) is 3.66. The Kier molecular flexibility index (Phi) is 4.95. The first-order valence-electron chi connectivity index (χ1n) is 10.3. The standard InChI is InChI=1S/C21H31N3O4S/c1-21(2)12-13-8-17(29(26,27)23(3)4)11-18(19(13)28-21)20(25)22-14-9-15-6-7-16(10-14)24(15)5/h8,11,14-16H,6-7,9-10,12H2,1-5H3,(H,22,25). The Balaban J connectivity index is 1.66. The Hall–Kier alpha value is -1.64. The smallest absolute Gasteiger partial charge is 0.255 e. The number of nitrogens with one attached hydrogen (secondary N) is 1. The predicted octanol–water partition coefficient (Wildman–Crippen LogP) is 2.01. The SMILES string of the molecule is CN1C2CCC1CC(NC(=O)c1cc(S(=O)(=O)N(C)C)cc3c1OC(C)(C)C3)C2. The third-order valence-corrected chi connectivity index (χ3v) is 8.38. The van der Waals surface area contributed by atoms with Crippen molar-refractivity contribution >= 4 is 15.9 Å². The molecule has 0 spiro atoms. The van der Waals surface area contributed by atoms with Crippen molar-refractivity contribution in [1.82, 2.24) is 14.5 Å². The molecule has 1 aromatic carbocycles. The zero-order chi connectivity index (χ0) is 21.1. The van der Waals surface area contributed by atoms with E-state index in [1.807, 2.05) is 13.8 Å². The van der Waals surface area contributed by atoms with Crippen LogP contribution in [0.4, 0.5) is 0 Å².